The third-order valence-corrected chi connectivity index (χ3v) is 3.24. The average molecular weight is 303 g/mol. The van der Waals surface area contributed by atoms with Gasteiger partial charge >= 0.3 is 5.97 Å². The number of halogens is 1. The molecule has 0 heterocycles. The lowest BCUT2D eigenvalue weighted by molar-refractivity contribution is -0.131. The molecule has 0 aliphatic rings. The lowest BCUT2D eigenvalue weighted by Crippen LogP contribution is -1.91. The topological polar surface area (TPSA) is 46.5 Å². The quantitative estimate of drug-likeness (QED) is 0.808. The minimum atomic E-state index is -0.997. The van der Waals surface area contributed by atoms with Crippen LogP contribution in [0.2, 0.25) is 5.02 Å². The van der Waals surface area contributed by atoms with Crippen molar-refractivity contribution in [1.29, 1.82) is 0 Å². The lowest BCUT2D eigenvalue weighted by Gasteiger charge is -2.11. The molecule has 0 amide bonds. The summed E-state index contributed by atoms with van der Waals surface area (Å²) in [4.78, 5) is 10.5. The number of aliphatic carboxylic acids is 1. The third-order valence-electron chi connectivity index (χ3n) is 2.95. The summed E-state index contributed by atoms with van der Waals surface area (Å²) in [6.07, 6.45) is 3.42. The van der Waals surface area contributed by atoms with Crippen LogP contribution in [0.25, 0.3) is 6.08 Å². The molecule has 0 fully saturated rings. The Balaban J connectivity index is 2.23. The molecule has 2 aromatic carbocycles. The van der Waals surface area contributed by atoms with Gasteiger partial charge in [0, 0.05) is 6.08 Å². The predicted molar refractivity (Wildman–Crippen MR) is 84.0 cm³/mol. The molecule has 0 spiro atoms. The summed E-state index contributed by atoms with van der Waals surface area (Å²) in [7, 11) is 0. The fraction of sp³-hybridized carbons (Fsp3) is 0.118. The van der Waals surface area contributed by atoms with E-state index in [1.807, 2.05) is 24.3 Å². The van der Waals surface area contributed by atoms with Crippen LogP contribution in [-0.4, -0.2) is 11.1 Å². The van der Waals surface area contributed by atoms with Crippen LogP contribution in [0.4, 0.5) is 0 Å². The van der Waals surface area contributed by atoms with Crippen molar-refractivity contribution in [3.8, 4) is 11.5 Å². The summed E-state index contributed by atoms with van der Waals surface area (Å²) in [5, 5.41) is 9.05. The Morgan fingerprint density at radius 2 is 2.00 bits per heavy atom. The van der Waals surface area contributed by atoms with Crippen LogP contribution in [0.15, 0.2) is 48.5 Å². The number of hydrogen-bond acceptors (Lipinski definition) is 2. The van der Waals surface area contributed by atoms with Crippen LogP contribution < -0.4 is 4.74 Å². The molecule has 21 heavy (non-hydrogen) atoms. The van der Waals surface area contributed by atoms with Crippen molar-refractivity contribution >= 4 is 23.6 Å². The van der Waals surface area contributed by atoms with Gasteiger partial charge in [-0.25, -0.2) is 4.79 Å². The van der Waals surface area contributed by atoms with E-state index in [1.54, 1.807) is 18.2 Å². The van der Waals surface area contributed by atoms with Crippen LogP contribution in [0.3, 0.4) is 0 Å². The van der Waals surface area contributed by atoms with Gasteiger partial charge in [0.05, 0.1) is 5.02 Å². The molecule has 0 saturated heterocycles. The Bertz CT molecular complexity index is 677. The molecular formula is C17H15ClO3. The number of para-hydroxylation sites is 1. The molecule has 0 atom stereocenters. The van der Waals surface area contributed by atoms with E-state index in [1.165, 1.54) is 6.08 Å². The second-order valence-corrected chi connectivity index (χ2v) is 4.83. The van der Waals surface area contributed by atoms with E-state index in [0.717, 1.165) is 23.8 Å². The van der Waals surface area contributed by atoms with E-state index >= 15 is 0 Å². The first kappa shape index (κ1) is 15.1. The zero-order chi connectivity index (χ0) is 15.2. The Morgan fingerprint density at radius 3 is 2.67 bits per heavy atom. The lowest BCUT2D eigenvalue weighted by atomic mass is 10.1. The Hall–Kier alpha value is -2.26. The SMILES string of the molecule is CCc1ccccc1Oc1ccc(/C=C/C(=O)O)cc1Cl. The second kappa shape index (κ2) is 6.95. The minimum absolute atomic E-state index is 0.438. The first-order chi connectivity index (χ1) is 10.1. The molecule has 2 aromatic rings. The summed E-state index contributed by atoms with van der Waals surface area (Å²) >= 11 is 6.18. The first-order valence-corrected chi connectivity index (χ1v) is 6.94. The van der Waals surface area contributed by atoms with Gasteiger partial charge in [-0.2, -0.15) is 0 Å². The van der Waals surface area contributed by atoms with Gasteiger partial charge in [0.1, 0.15) is 11.5 Å². The number of carboxylic acids is 1. The van der Waals surface area contributed by atoms with E-state index in [9.17, 15) is 4.79 Å². The van der Waals surface area contributed by atoms with Crippen molar-refractivity contribution in [1.82, 2.24) is 0 Å². The molecule has 3 nitrogen and oxygen atoms in total. The second-order valence-electron chi connectivity index (χ2n) is 4.42. The summed E-state index contributed by atoms with van der Waals surface area (Å²) in [6, 6.07) is 12.9. The van der Waals surface area contributed by atoms with Gasteiger partial charge in [-0.3, -0.25) is 0 Å². The number of hydrogen-bond donors (Lipinski definition) is 1. The van der Waals surface area contributed by atoms with Crippen LogP contribution in [0, 0.1) is 0 Å². The largest absolute Gasteiger partial charge is 0.478 e. The zero-order valence-electron chi connectivity index (χ0n) is 11.5. The molecule has 4 heteroatoms. The number of benzene rings is 2. The van der Waals surface area contributed by atoms with Gasteiger partial charge < -0.3 is 9.84 Å². The summed E-state index contributed by atoms with van der Waals surface area (Å²) < 4.78 is 5.84. The molecule has 2 rings (SSSR count). The molecule has 0 radical (unpaired) electrons. The average Bonchev–Trinajstić information content (AvgIpc) is 2.48. The summed E-state index contributed by atoms with van der Waals surface area (Å²) in [6.45, 7) is 2.06. The van der Waals surface area contributed by atoms with Crippen LogP contribution in [0.5, 0.6) is 11.5 Å². The van der Waals surface area contributed by atoms with E-state index in [0.29, 0.717) is 16.3 Å². The van der Waals surface area contributed by atoms with E-state index < -0.39 is 5.97 Å². The maximum absolute atomic E-state index is 10.5. The van der Waals surface area contributed by atoms with Gasteiger partial charge in [0.15, 0.2) is 0 Å². The van der Waals surface area contributed by atoms with Gasteiger partial charge in [-0.1, -0.05) is 42.8 Å². The number of carbonyl (C=O) groups is 1. The molecule has 1 N–H and O–H groups in total. The highest BCUT2D eigenvalue weighted by Gasteiger charge is 2.06. The predicted octanol–water partition coefficient (Wildman–Crippen LogP) is 4.79. The van der Waals surface area contributed by atoms with E-state index in [4.69, 9.17) is 21.4 Å². The van der Waals surface area contributed by atoms with Crippen LogP contribution >= 0.6 is 11.6 Å². The highest BCUT2D eigenvalue weighted by atomic mass is 35.5. The molecule has 0 saturated carbocycles. The maximum atomic E-state index is 10.5. The molecule has 0 aliphatic heterocycles. The van der Waals surface area contributed by atoms with Crippen molar-refractivity contribution in [2.45, 2.75) is 13.3 Å². The van der Waals surface area contributed by atoms with Gasteiger partial charge in [0.25, 0.3) is 0 Å². The zero-order valence-corrected chi connectivity index (χ0v) is 12.3. The van der Waals surface area contributed by atoms with E-state index in [2.05, 4.69) is 6.92 Å². The molecule has 0 aliphatic carbocycles. The Kier molecular flexibility index (Phi) is 5.01. The molecular weight excluding hydrogens is 288 g/mol. The molecule has 0 unspecified atom stereocenters. The summed E-state index contributed by atoms with van der Waals surface area (Å²) in [5.41, 5.74) is 1.81. The third kappa shape index (κ3) is 4.10. The Labute approximate surface area is 128 Å². The van der Waals surface area contributed by atoms with Crippen molar-refractivity contribution in [2.75, 3.05) is 0 Å². The van der Waals surface area contributed by atoms with Crippen LogP contribution in [-0.2, 0) is 11.2 Å². The standard InChI is InChI=1S/C17H15ClO3/c1-2-13-5-3-4-6-15(13)21-16-9-7-12(11-14(16)18)8-10-17(19)20/h3-11H,2H2,1H3,(H,19,20)/b10-8+. The number of ether oxygens (including phenoxy) is 1. The minimum Gasteiger partial charge on any atom is -0.478 e. The van der Waals surface area contributed by atoms with E-state index in [-0.39, 0.29) is 0 Å². The van der Waals surface area contributed by atoms with Crippen molar-refractivity contribution < 1.29 is 14.6 Å². The van der Waals surface area contributed by atoms with Crippen molar-refractivity contribution in [3.05, 3.63) is 64.7 Å². The highest BCUT2D eigenvalue weighted by molar-refractivity contribution is 6.32. The summed E-state index contributed by atoms with van der Waals surface area (Å²) in [5.74, 6) is 0.323. The normalized spacial score (nSPS) is 10.8. The fourth-order valence-corrected chi connectivity index (χ4v) is 2.11. The molecule has 0 aromatic heterocycles. The Morgan fingerprint density at radius 1 is 1.24 bits per heavy atom. The molecule has 0 bridgehead atoms. The maximum Gasteiger partial charge on any atom is 0.328 e. The smallest absolute Gasteiger partial charge is 0.328 e. The van der Waals surface area contributed by atoms with Crippen molar-refractivity contribution in [3.63, 3.8) is 0 Å². The van der Waals surface area contributed by atoms with Gasteiger partial charge in [0.2, 0.25) is 0 Å². The monoisotopic (exact) mass is 302 g/mol. The number of aryl methyl sites for hydroxylation is 1. The first-order valence-electron chi connectivity index (χ1n) is 6.56. The van der Waals surface area contributed by atoms with Crippen molar-refractivity contribution in [2.24, 2.45) is 0 Å². The van der Waals surface area contributed by atoms with Gasteiger partial charge in [-0.15, -0.1) is 0 Å². The van der Waals surface area contributed by atoms with Crippen LogP contribution in [0.1, 0.15) is 18.1 Å². The fourth-order valence-electron chi connectivity index (χ4n) is 1.88. The highest BCUT2D eigenvalue weighted by Crippen LogP contribution is 2.32. The number of rotatable bonds is 5. The van der Waals surface area contributed by atoms with Gasteiger partial charge in [-0.05, 0) is 41.8 Å². The molecule has 108 valence electrons. The number of carboxylic acid groups (broad SMARTS) is 1.